The lowest BCUT2D eigenvalue weighted by Gasteiger charge is -2.07. The van der Waals surface area contributed by atoms with E-state index in [1.807, 2.05) is 20.8 Å². The highest BCUT2D eigenvalue weighted by molar-refractivity contribution is 6.54. The summed E-state index contributed by atoms with van der Waals surface area (Å²) in [5, 5.41) is 2.81. The van der Waals surface area contributed by atoms with Gasteiger partial charge in [-0.2, -0.15) is 0 Å². The van der Waals surface area contributed by atoms with Crippen LogP contribution in [0.5, 0.6) is 0 Å². The van der Waals surface area contributed by atoms with Crippen molar-refractivity contribution in [2.75, 3.05) is 19.8 Å². The minimum absolute atomic E-state index is 0.0346. The highest BCUT2D eigenvalue weighted by atomic mass is 28.3. The number of unbranched alkanes of at least 4 members (excludes halogenated alkanes) is 1. The van der Waals surface area contributed by atoms with Crippen LogP contribution < -0.4 is 5.32 Å². The molecule has 0 atom stereocenters. The smallest absolute Gasteiger partial charge is 0.475 e. The van der Waals surface area contributed by atoms with Crippen molar-refractivity contribution in [3.63, 3.8) is 0 Å². The Bertz CT molecular complexity index is 256. The summed E-state index contributed by atoms with van der Waals surface area (Å²) in [5.74, 6) is -0.0346. The van der Waals surface area contributed by atoms with E-state index in [0.717, 1.165) is 12.8 Å². The van der Waals surface area contributed by atoms with Gasteiger partial charge < -0.3 is 14.2 Å². The predicted octanol–water partition coefficient (Wildman–Crippen LogP) is 1.40. The maximum Gasteiger partial charge on any atom is 0.475 e. The summed E-state index contributed by atoms with van der Waals surface area (Å²) in [5.41, 5.74) is 2.10. The fraction of sp³-hybridized carbons (Fsp3) is 0.667. The third kappa shape index (κ3) is 9.80. The van der Waals surface area contributed by atoms with E-state index in [-0.39, 0.29) is 5.91 Å². The molecule has 0 radical (unpaired) electrons. The highest BCUT2D eigenvalue weighted by Gasteiger charge is 2.00. The molecule has 0 unspecified atom stereocenters. The van der Waals surface area contributed by atoms with E-state index in [9.17, 15) is 4.79 Å². The monoisotopic (exact) mass is 257 g/mol. The van der Waals surface area contributed by atoms with Gasteiger partial charge in [0.1, 0.15) is 0 Å². The van der Waals surface area contributed by atoms with Crippen LogP contribution in [0.2, 0.25) is 0 Å². The van der Waals surface area contributed by atoms with Crippen LogP contribution in [0.1, 0.15) is 33.6 Å². The number of hydrogen-bond donors (Lipinski definition) is 1. The lowest BCUT2D eigenvalue weighted by molar-refractivity contribution is -0.116. The zero-order chi connectivity index (χ0) is 12.9. The fourth-order valence-corrected chi connectivity index (χ4v) is 2.52. The molecule has 5 heteroatoms. The summed E-state index contributed by atoms with van der Waals surface area (Å²) in [6, 6.07) is 0. The van der Waals surface area contributed by atoms with E-state index in [2.05, 4.69) is 11.0 Å². The molecule has 0 saturated heterocycles. The number of rotatable bonds is 9. The zero-order valence-corrected chi connectivity index (χ0v) is 12.0. The lowest BCUT2D eigenvalue weighted by atomic mass is 10.3. The number of carbonyl (C=O) groups is 1. The molecule has 0 fully saturated rings. The van der Waals surface area contributed by atoms with Crippen molar-refractivity contribution < 1.29 is 13.6 Å². The average molecular weight is 257 g/mol. The summed E-state index contributed by atoms with van der Waals surface area (Å²) < 4.78 is 10.9. The number of allylic oxidation sites excluding steroid dienone is 1. The fourth-order valence-electron chi connectivity index (χ4n) is 1.19. The van der Waals surface area contributed by atoms with Gasteiger partial charge in [0.25, 0.3) is 0 Å². The largest absolute Gasteiger partial charge is 0.524 e. The summed E-state index contributed by atoms with van der Waals surface area (Å²) >= 11 is 0. The molecule has 98 valence electrons. The number of amides is 1. The van der Waals surface area contributed by atoms with Crippen LogP contribution >= 0.6 is 0 Å². The number of hydrogen-bond acceptors (Lipinski definition) is 3. The molecule has 0 aromatic heterocycles. The van der Waals surface area contributed by atoms with Gasteiger partial charge in [-0.25, -0.2) is 0 Å². The van der Waals surface area contributed by atoms with Crippen molar-refractivity contribution in [1.82, 2.24) is 5.32 Å². The third-order valence-corrected chi connectivity index (χ3v) is 3.65. The molecule has 1 amide bonds. The molecule has 0 aliphatic rings. The van der Waals surface area contributed by atoms with Gasteiger partial charge in [0.15, 0.2) is 0 Å². The van der Waals surface area contributed by atoms with Gasteiger partial charge in [-0.15, -0.1) is 0 Å². The summed E-state index contributed by atoms with van der Waals surface area (Å²) in [7, 11) is -1.21. The summed E-state index contributed by atoms with van der Waals surface area (Å²) in [6.45, 7) is 7.81. The average Bonchev–Trinajstić information content (AvgIpc) is 2.29. The second-order valence-electron chi connectivity index (χ2n) is 3.32. The molecule has 0 spiro atoms. The van der Waals surface area contributed by atoms with Gasteiger partial charge in [0.2, 0.25) is 5.91 Å². The first-order valence-corrected chi connectivity index (χ1v) is 7.50. The Balaban J connectivity index is 3.71. The van der Waals surface area contributed by atoms with E-state index in [0.29, 0.717) is 19.8 Å². The molecule has 17 heavy (non-hydrogen) atoms. The van der Waals surface area contributed by atoms with Gasteiger partial charge in [0, 0.05) is 6.54 Å². The van der Waals surface area contributed by atoms with Crippen LogP contribution in [-0.4, -0.2) is 40.2 Å². The minimum Gasteiger partial charge on any atom is -0.524 e. The van der Waals surface area contributed by atoms with Gasteiger partial charge in [-0.05, 0) is 45.4 Å². The predicted molar refractivity (Wildman–Crippen MR) is 72.1 cm³/mol. The summed E-state index contributed by atoms with van der Waals surface area (Å²) in [6.07, 6.45) is 5.08. The molecule has 0 aromatic rings. The standard InChI is InChI=1S/C12H23NO3Si/c1-4-9-12(14)13-10-7-8-11-17(15-5-2)16-6-3/h4,9,11H,5-8,10H2,1-3H3,(H,13,14)/b9-4+. The molecule has 0 rings (SSSR count). The van der Waals surface area contributed by atoms with Gasteiger partial charge in [-0.1, -0.05) is 6.08 Å². The van der Waals surface area contributed by atoms with E-state index in [4.69, 9.17) is 8.85 Å². The van der Waals surface area contributed by atoms with Gasteiger partial charge in [0.05, 0.1) is 13.2 Å². The minimum atomic E-state index is -1.21. The highest BCUT2D eigenvalue weighted by Crippen LogP contribution is 1.87. The normalized spacial score (nSPS) is 10.1. The molecule has 0 saturated carbocycles. The number of nitrogens with one attached hydrogen (secondary N) is 1. The van der Waals surface area contributed by atoms with Crippen molar-refractivity contribution in [1.29, 1.82) is 0 Å². The molecule has 4 nitrogen and oxygen atoms in total. The van der Waals surface area contributed by atoms with Crippen molar-refractivity contribution >= 4 is 20.5 Å². The first-order chi connectivity index (χ1) is 8.24. The van der Waals surface area contributed by atoms with Crippen molar-refractivity contribution in [3.05, 3.63) is 12.2 Å². The second kappa shape index (κ2) is 11.4. The Morgan fingerprint density at radius 2 is 1.94 bits per heavy atom. The third-order valence-electron chi connectivity index (χ3n) is 1.88. The Hall–Kier alpha value is -1.10. The molecular formula is C12H23NO3Si. The van der Waals surface area contributed by atoms with E-state index < -0.39 is 8.90 Å². The van der Waals surface area contributed by atoms with Crippen LogP contribution in [0.3, 0.4) is 0 Å². The van der Waals surface area contributed by atoms with Crippen molar-refractivity contribution in [2.45, 2.75) is 33.6 Å². The van der Waals surface area contributed by atoms with E-state index >= 15 is 0 Å². The van der Waals surface area contributed by atoms with Crippen LogP contribution in [0.25, 0.3) is 0 Å². The van der Waals surface area contributed by atoms with Crippen LogP contribution in [0, 0.1) is 0 Å². The maximum absolute atomic E-state index is 11.1. The van der Waals surface area contributed by atoms with Crippen molar-refractivity contribution in [3.8, 4) is 0 Å². The Morgan fingerprint density at radius 3 is 2.47 bits per heavy atom. The van der Waals surface area contributed by atoms with E-state index in [1.165, 1.54) is 6.08 Å². The molecule has 0 heterocycles. The first kappa shape index (κ1) is 15.9. The lowest BCUT2D eigenvalue weighted by Crippen LogP contribution is -2.22. The number of carbonyl (C=O) groups excluding carboxylic acids is 1. The molecule has 0 aliphatic carbocycles. The molecule has 0 aromatic carbocycles. The van der Waals surface area contributed by atoms with Crippen LogP contribution in [0.15, 0.2) is 12.2 Å². The molecule has 1 N–H and O–H groups in total. The molecule has 0 bridgehead atoms. The second-order valence-corrected chi connectivity index (χ2v) is 4.95. The van der Waals surface area contributed by atoms with Gasteiger partial charge >= 0.3 is 8.90 Å². The Morgan fingerprint density at radius 1 is 1.29 bits per heavy atom. The first-order valence-electron chi connectivity index (χ1n) is 6.10. The maximum atomic E-state index is 11.1. The summed E-state index contributed by atoms with van der Waals surface area (Å²) in [4.78, 5) is 11.1. The Labute approximate surface area is 105 Å². The SMILES string of the molecule is C/C=C/C(=O)NCCCC=[Si](OCC)OCC. The topological polar surface area (TPSA) is 47.6 Å². The molecular weight excluding hydrogens is 234 g/mol. The van der Waals surface area contributed by atoms with Crippen molar-refractivity contribution in [2.24, 2.45) is 0 Å². The Kier molecular flexibility index (Phi) is 10.6. The van der Waals surface area contributed by atoms with Crippen LogP contribution in [0.4, 0.5) is 0 Å². The van der Waals surface area contributed by atoms with Crippen LogP contribution in [-0.2, 0) is 13.6 Å². The zero-order valence-electron chi connectivity index (χ0n) is 11.0. The molecule has 0 aliphatic heterocycles. The quantitative estimate of drug-likeness (QED) is 0.386. The van der Waals surface area contributed by atoms with Gasteiger partial charge in [-0.3, -0.25) is 4.79 Å². The van der Waals surface area contributed by atoms with E-state index in [1.54, 1.807) is 6.08 Å².